The summed E-state index contributed by atoms with van der Waals surface area (Å²) in [6.07, 6.45) is 5.58. The Bertz CT molecular complexity index is 175. The molecule has 0 fully saturated rings. The molecule has 1 aliphatic carbocycles. The van der Waals surface area contributed by atoms with E-state index in [1.54, 1.807) is 0 Å². The third kappa shape index (κ3) is 2.08. The van der Waals surface area contributed by atoms with Crippen LogP contribution in [0.5, 0.6) is 0 Å². The lowest BCUT2D eigenvalue weighted by Crippen LogP contribution is -2.34. The van der Waals surface area contributed by atoms with Crippen molar-refractivity contribution in [3.05, 3.63) is 11.6 Å². The summed E-state index contributed by atoms with van der Waals surface area (Å²) in [6, 6.07) is 0.609. The zero-order chi connectivity index (χ0) is 9.14. The summed E-state index contributed by atoms with van der Waals surface area (Å²) in [7, 11) is 0. The van der Waals surface area contributed by atoms with Crippen molar-refractivity contribution in [3.63, 3.8) is 0 Å². The van der Waals surface area contributed by atoms with Crippen LogP contribution in [0.15, 0.2) is 11.6 Å². The molecule has 1 rings (SSSR count). The standard InChI is InChI=1S/C10H20N2/c1-3-9(11)8-4-5-10(12)7(2)6-8/h6,8-10H,3-5,11-12H2,1-2H3. The second kappa shape index (κ2) is 4.06. The van der Waals surface area contributed by atoms with Crippen LogP contribution in [0.1, 0.15) is 33.1 Å². The van der Waals surface area contributed by atoms with E-state index in [0.29, 0.717) is 12.0 Å². The highest BCUT2D eigenvalue weighted by molar-refractivity contribution is 5.13. The fourth-order valence-electron chi connectivity index (χ4n) is 1.78. The van der Waals surface area contributed by atoms with Crippen LogP contribution in [0.3, 0.4) is 0 Å². The summed E-state index contributed by atoms with van der Waals surface area (Å²) < 4.78 is 0. The smallest absolute Gasteiger partial charge is 0.0251 e. The molecule has 2 heteroatoms. The molecule has 0 aromatic heterocycles. The Hall–Kier alpha value is -0.340. The first-order valence-corrected chi connectivity index (χ1v) is 4.84. The molecule has 0 saturated heterocycles. The molecule has 3 unspecified atom stereocenters. The molecular weight excluding hydrogens is 148 g/mol. The minimum atomic E-state index is 0.283. The number of hydrogen-bond donors (Lipinski definition) is 2. The van der Waals surface area contributed by atoms with Crippen LogP contribution >= 0.6 is 0 Å². The Morgan fingerprint density at radius 3 is 2.75 bits per heavy atom. The van der Waals surface area contributed by atoms with Crippen molar-refractivity contribution in [2.75, 3.05) is 0 Å². The maximum Gasteiger partial charge on any atom is 0.0251 e. The summed E-state index contributed by atoms with van der Waals surface area (Å²) >= 11 is 0. The molecular formula is C10H20N2. The molecule has 70 valence electrons. The molecule has 0 saturated carbocycles. The van der Waals surface area contributed by atoms with E-state index < -0.39 is 0 Å². The highest BCUT2D eigenvalue weighted by Crippen LogP contribution is 2.24. The Morgan fingerprint density at radius 2 is 2.25 bits per heavy atom. The van der Waals surface area contributed by atoms with Gasteiger partial charge in [0, 0.05) is 12.1 Å². The zero-order valence-electron chi connectivity index (χ0n) is 8.09. The van der Waals surface area contributed by atoms with Crippen LogP contribution in [0, 0.1) is 5.92 Å². The lowest BCUT2D eigenvalue weighted by atomic mass is 9.83. The minimum Gasteiger partial charge on any atom is -0.327 e. The summed E-state index contributed by atoms with van der Waals surface area (Å²) in [5.74, 6) is 0.565. The Balaban J connectivity index is 2.59. The number of rotatable bonds is 2. The van der Waals surface area contributed by atoms with Crippen LogP contribution in [-0.4, -0.2) is 12.1 Å². The van der Waals surface area contributed by atoms with Crippen molar-refractivity contribution < 1.29 is 0 Å². The van der Waals surface area contributed by atoms with E-state index in [4.69, 9.17) is 11.5 Å². The molecule has 2 nitrogen and oxygen atoms in total. The quantitative estimate of drug-likeness (QED) is 0.612. The molecule has 0 bridgehead atoms. The van der Waals surface area contributed by atoms with Gasteiger partial charge in [0.05, 0.1) is 0 Å². The van der Waals surface area contributed by atoms with Gasteiger partial charge in [-0.05, 0) is 32.1 Å². The molecule has 12 heavy (non-hydrogen) atoms. The van der Waals surface area contributed by atoms with Crippen LogP contribution in [-0.2, 0) is 0 Å². The molecule has 0 aliphatic heterocycles. The molecule has 0 amide bonds. The molecule has 1 aliphatic rings. The van der Waals surface area contributed by atoms with Gasteiger partial charge in [0.2, 0.25) is 0 Å². The van der Waals surface area contributed by atoms with E-state index in [0.717, 1.165) is 19.3 Å². The maximum atomic E-state index is 5.97. The maximum absolute atomic E-state index is 5.97. The third-order valence-corrected chi connectivity index (χ3v) is 2.89. The minimum absolute atomic E-state index is 0.283. The van der Waals surface area contributed by atoms with Gasteiger partial charge in [-0.2, -0.15) is 0 Å². The van der Waals surface area contributed by atoms with Crippen molar-refractivity contribution in [2.24, 2.45) is 17.4 Å². The van der Waals surface area contributed by atoms with E-state index in [-0.39, 0.29) is 6.04 Å². The molecule has 0 aromatic carbocycles. The van der Waals surface area contributed by atoms with Crippen molar-refractivity contribution >= 4 is 0 Å². The summed E-state index contributed by atoms with van der Waals surface area (Å²) in [5, 5.41) is 0. The van der Waals surface area contributed by atoms with Crippen molar-refractivity contribution in [3.8, 4) is 0 Å². The fourth-order valence-corrected chi connectivity index (χ4v) is 1.78. The van der Waals surface area contributed by atoms with Gasteiger partial charge in [-0.1, -0.05) is 18.6 Å². The average Bonchev–Trinajstić information content (AvgIpc) is 2.08. The fraction of sp³-hybridized carbons (Fsp3) is 0.800. The molecule has 0 spiro atoms. The second-order valence-electron chi connectivity index (χ2n) is 3.83. The highest BCUT2D eigenvalue weighted by atomic mass is 14.7. The van der Waals surface area contributed by atoms with Gasteiger partial charge in [0.1, 0.15) is 0 Å². The molecule has 4 N–H and O–H groups in total. The Labute approximate surface area is 75.0 Å². The van der Waals surface area contributed by atoms with E-state index >= 15 is 0 Å². The van der Waals surface area contributed by atoms with Gasteiger partial charge in [-0.3, -0.25) is 0 Å². The predicted octanol–water partition coefficient (Wildman–Crippen LogP) is 1.41. The number of hydrogen-bond acceptors (Lipinski definition) is 2. The molecule has 0 radical (unpaired) electrons. The van der Waals surface area contributed by atoms with E-state index in [9.17, 15) is 0 Å². The largest absolute Gasteiger partial charge is 0.327 e. The van der Waals surface area contributed by atoms with Crippen molar-refractivity contribution in [1.82, 2.24) is 0 Å². The van der Waals surface area contributed by atoms with Gasteiger partial charge in [0.15, 0.2) is 0 Å². The first-order valence-electron chi connectivity index (χ1n) is 4.84. The van der Waals surface area contributed by atoms with E-state index in [2.05, 4.69) is 19.9 Å². The third-order valence-electron chi connectivity index (χ3n) is 2.89. The van der Waals surface area contributed by atoms with Gasteiger partial charge >= 0.3 is 0 Å². The number of nitrogens with two attached hydrogens (primary N) is 2. The predicted molar refractivity (Wildman–Crippen MR) is 52.7 cm³/mol. The zero-order valence-corrected chi connectivity index (χ0v) is 8.09. The van der Waals surface area contributed by atoms with Gasteiger partial charge < -0.3 is 11.5 Å². The molecule has 3 atom stereocenters. The van der Waals surface area contributed by atoms with Crippen LogP contribution in [0.2, 0.25) is 0 Å². The SMILES string of the molecule is CCC(N)C1C=C(C)C(N)CC1. The van der Waals surface area contributed by atoms with Gasteiger partial charge in [-0.25, -0.2) is 0 Å². The molecule has 0 heterocycles. The van der Waals surface area contributed by atoms with Gasteiger partial charge in [-0.15, -0.1) is 0 Å². The Kier molecular flexibility index (Phi) is 3.29. The average molecular weight is 168 g/mol. The topological polar surface area (TPSA) is 52.0 Å². The summed E-state index contributed by atoms with van der Waals surface area (Å²) in [5.41, 5.74) is 13.2. The normalized spacial score (nSPS) is 32.8. The van der Waals surface area contributed by atoms with Crippen LogP contribution in [0.4, 0.5) is 0 Å². The summed E-state index contributed by atoms with van der Waals surface area (Å²) in [4.78, 5) is 0. The van der Waals surface area contributed by atoms with Gasteiger partial charge in [0.25, 0.3) is 0 Å². The van der Waals surface area contributed by atoms with E-state index in [1.165, 1.54) is 5.57 Å². The highest BCUT2D eigenvalue weighted by Gasteiger charge is 2.20. The lowest BCUT2D eigenvalue weighted by Gasteiger charge is -2.27. The van der Waals surface area contributed by atoms with Crippen molar-refractivity contribution in [2.45, 2.75) is 45.2 Å². The first-order chi connectivity index (χ1) is 5.65. The lowest BCUT2D eigenvalue weighted by molar-refractivity contribution is 0.411. The summed E-state index contributed by atoms with van der Waals surface area (Å²) in [6.45, 7) is 4.25. The van der Waals surface area contributed by atoms with Crippen molar-refractivity contribution in [1.29, 1.82) is 0 Å². The Morgan fingerprint density at radius 1 is 1.58 bits per heavy atom. The molecule has 0 aromatic rings. The van der Waals surface area contributed by atoms with Crippen LogP contribution < -0.4 is 11.5 Å². The van der Waals surface area contributed by atoms with E-state index in [1.807, 2.05) is 0 Å². The second-order valence-corrected chi connectivity index (χ2v) is 3.83. The monoisotopic (exact) mass is 168 g/mol. The first kappa shape index (κ1) is 9.75. The van der Waals surface area contributed by atoms with Crippen LogP contribution in [0.25, 0.3) is 0 Å².